The number of aryl methyl sites for hydroxylation is 3. The number of nitrogens with one attached hydrogen (secondary N) is 1. The minimum atomic E-state index is -0.776. The molecular formula is C20H18FN3O5. The number of carbonyl (C=O) groups excluding carboxylic acids is 2. The number of hydrogen-bond donors (Lipinski definition) is 1. The minimum Gasteiger partial charge on any atom is -0.452 e. The molecule has 0 bridgehead atoms. The fourth-order valence-electron chi connectivity index (χ4n) is 2.81. The number of nitrogens with zero attached hydrogens (tertiary/aromatic N) is 2. The number of hydrogen-bond acceptors (Lipinski definition) is 6. The van der Waals surface area contributed by atoms with E-state index in [0.29, 0.717) is 22.8 Å². The zero-order chi connectivity index (χ0) is 21.1. The molecule has 0 aliphatic heterocycles. The number of ether oxygens (including phenoxy) is 1. The third-order valence-corrected chi connectivity index (χ3v) is 4.04. The lowest BCUT2D eigenvalue weighted by molar-refractivity contribution is -0.119. The number of amides is 1. The summed E-state index contributed by atoms with van der Waals surface area (Å²) < 4.78 is 24.5. The van der Waals surface area contributed by atoms with Crippen LogP contribution in [-0.4, -0.2) is 28.3 Å². The van der Waals surface area contributed by atoms with Gasteiger partial charge in [-0.3, -0.25) is 4.79 Å². The quantitative estimate of drug-likeness (QED) is 0.662. The summed E-state index contributed by atoms with van der Waals surface area (Å²) in [5, 5.41) is 6.87. The molecule has 150 valence electrons. The van der Waals surface area contributed by atoms with Crippen LogP contribution in [0.25, 0.3) is 5.69 Å². The highest BCUT2D eigenvalue weighted by Crippen LogP contribution is 2.18. The number of esters is 1. The van der Waals surface area contributed by atoms with Gasteiger partial charge in [-0.1, -0.05) is 0 Å². The maximum atomic E-state index is 13.1. The summed E-state index contributed by atoms with van der Waals surface area (Å²) in [6.45, 7) is 4.23. The van der Waals surface area contributed by atoms with Crippen molar-refractivity contribution in [3.8, 4) is 5.69 Å². The van der Waals surface area contributed by atoms with Gasteiger partial charge in [0, 0.05) is 12.1 Å². The van der Waals surface area contributed by atoms with Crippen LogP contribution in [0.5, 0.6) is 0 Å². The molecule has 0 spiro atoms. The maximum Gasteiger partial charge on any atom is 0.342 e. The van der Waals surface area contributed by atoms with Crippen LogP contribution in [0.3, 0.4) is 0 Å². The van der Waals surface area contributed by atoms with Gasteiger partial charge in [0.15, 0.2) is 6.61 Å². The number of anilines is 1. The SMILES string of the molecule is Cc1cc(NC(=O)COC(=O)c2c(C)cc(=O)oc2C)n(-c2ccc(F)cc2)n1. The van der Waals surface area contributed by atoms with Crippen molar-refractivity contribution in [2.45, 2.75) is 20.8 Å². The van der Waals surface area contributed by atoms with E-state index in [9.17, 15) is 18.8 Å². The molecule has 8 nitrogen and oxygen atoms in total. The molecule has 0 aliphatic carbocycles. The first-order chi connectivity index (χ1) is 13.7. The highest BCUT2D eigenvalue weighted by atomic mass is 19.1. The molecule has 0 atom stereocenters. The Labute approximate surface area is 164 Å². The highest BCUT2D eigenvalue weighted by Gasteiger charge is 2.19. The summed E-state index contributed by atoms with van der Waals surface area (Å²) in [7, 11) is 0. The van der Waals surface area contributed by atoms with Crippen molar-refractivity contribution >= 4 is 17.7 Å². The largest absolute Gasteiger partial charge is 0.452 e. The lowest BCUT2D eigenvalue weighted by Crippen LogP contribution is -2.23. The Bertz CT molecular complexity index is 1110. The molecule has 3 rings (SSSR count). The van der Waals surface area contributed by atoms with E-state index in [1.807, 2.05) is 0 Å². The first-order valence-electron chi connectivity index (χ1n) is 8.65. The van der Waals surface area contributed by atoms with E-state index in [1.165, 1.54) is 41.9 Å². The van der Waals surface area contributed by atoms with E-state index < -0.39 is 29.9 Å². The molecule has 9 heteroatoms. The minimum absolute atomic E-state index is 0.101. The predicted molar refractivity (Wildman–Crippen MR) is 102 cm³/mol. The molecule has 0 fully saturated rings. The molecule has 1 N–H and O–H groups in total. The Hall–Kier alpha value is -3.75. The van der Waals surface area contributed by atoms with Crippen molar-refractivity contribution in [1.82, 2.24) is 9.78 Å². The predicted octanol–water partition coefficient (Wildman–Crippen LogP) is 2.69. The lowest BCUT2D eigenvalue weighted by Gasteiger charge is -2.10. The normalized spacial score (nSPS) is 10.6. The molecule has 2 heterocycles. The van der Waals surface area contributed by atoms with E-state index in [0.717, 1.165) is 0 Å². The Kier molecular flexibility index (Phi) is 5.58. The standard InChI is InChI=1S/C20H18FN3O5/c1-11-8-18(26)29-13(3)19(11)20(27)28-10-17(25)22-16-9-12(2)23-24(16)15-6-4-14(21)5-7-15/h4-9H,10H2,1-3H3,(H,22,25). The maximum absolute atomic E-state index is 13.1. The molecule has 0 saturated heterocycles. The van der Waals surface area contributed by atoms with Gasteiger partial charge in [0.05, 0.1) is 11.4 Å². The van der Waals surface area contributed by atoms with Crippen LogP contribution < -0.4 is 10.9 Å². The average molecular weight is 399 g/mol. The first-order valence-corrected chi connectivity index (χ1v) is 8.65. The van der Waals surface area contributed by atoms with Gasteiger partial charge in [-0.05, 0) is 50.6 Å². The van der Waals surface area contributed by atoms with Crippen molar-refractivity contribution in [2.75, 3.05) is 11.9 Å². The van der Waals surface area contributed by atoms with Crippen LogP contribution in [0.4, 0.5) is 10.2 Å². The Morgan fingerprint density at radius 1 is 1.17 bits per heavy atom. The van der Waals surface area contributed by atoms with Gasteiger partial charge in [-0.2, -0.15) is 5.10 Å². The topological polar surface area (TPSA) is 103 Å². The van der Waals surface area contributed by atoms with Crippen LogP contribution in [0.1, 0.15) is 27.4 Å². The highest BCUT2D eigenvalue weighted by molar-refractivity contribution is 5.96. The van der Waals surface area contributed by atoms with Crippen LogP contribution in [0, 0.1) is 26.6 Å². The van der Waals surface area contributed by atoms with Gasteiger partial charge in [0.25, 0.3) is 5.91 Å². The van der Waals surface area contributed by atoms with E-state index in [1.54, 1.807) is 19.9 Å². The first kappa shape index (κ1) is 20.0. The summed E-state index contributed by atoms with van der Waals surface area (Å²) >= 11 is 0. The van der Waals surface area contributed by atoms with Crippen LogP contribution >= 0.6 is 0 Å². The molecule has 0 radical (unpaired) electrons. The zero-order valence-electron chi connectivity index (χ0n) is 16.0. The fraction of sp³-hybridized carbons (Fsp3) is 0.200. The summed E-state index contributed by atoms with van der Waals surface area (Å²) in [6, 6.07) is 8.40. The summed E-state index contributed by atoms with van der Waals surface area (Å²) in [6.07, 6.45) is 0. The second-order valence-corrected chi connectivity index (χ2v) is 6.36. The van der Waals surface area contributed by atoms with Crippen molar-refractivity contribution < 1.29 is 23.1 Å². The van der Waals surface area contributed by atoms with Gasteiger partial charge in [-0.25, -0.2) is 18.7 Å². The van der Waals surface area contributed by atoms with Crippen LogP contribution in [-0.2, 0) is 9.53 Å². The van der Waals surface area contributed by atoms with Crippen molar-refractivity contribution in [3.63, 3.8) is 0 Å². The van der Waals surface area contributed by atoms with Crippen LogP contribution in [0.2, 0.25) is 0 Å². The Balaban J connectivity index is 1.70. The molecule has 3 aromatic rings. The van der Waals surface area contributed by atoms with Crippen molar-refractivity contribution in [1.29, 1.82) is 0 Å². The van der Waals surface area contributed by atoms with E-state index in [4.69, 9.17) is 9.15 Å². The average Bonchev–Trinajstić information content (AvgIpc) is 3.00. The third kappa shape index (κ3) is 4.57. The van der Waals surface area contributed by atoms with Gasteiger partial charge in [-0.15, -0.1) is 0 Å². The number of benzene rings is 1. The Morgan fingerprint density at radius 2 is 1.86 bits per heavy atom. The molecule has 2 aromatic heterocycles. The van der Waals surface area contributed by atoms with Crippen molar-refractivity contribution in [3.05, 3.63) is 75.2 Å². The molecule has 0 saturated carbocycles. The van der Waals surface area contributed by atoms with Gasteiger partial charge < -0.3 is 14.5 Å². The molecule has 0 unspecified atom stereocenters. The van der Waals surface area contributed by atoms with Crippen LogP contribution in [0.15, 0.2) is 45.6 Å². The van der Waals surface area contributed by atoms with Gasteiger partial charge in [0.1, 0.15) is 23.0 Å². The number of carbonyl (C=O) groups is 2. The smallest absolute Gasteiger partial charge is 0.342 e. The van der Waals surface area contributed by atoms with Gasteiger partial charge >= 0.3 is 11.6 Å². The molecule has 0 aliphatic rings. The molecular weight excluding hydrogens is 381 g/mol. The summed E-state index contributed by atoms with van der Waals surface area (Å²) in [5.74, 6) is -1.30. The molecule has 29 heavy (non-hydrogen) atoms. The number of aromatic nitrogens is 2. The molecule has 1 aromatic carbocycles. The lowest BCUT2D eigenvalue weighted by atomic mass is 10.1. The third-order valence-electron chi connectivity index (χ3n) is 4.04. The van der Waals surface area contributed by atoms with E-state index in [2.05, 4.69) is 10.4 Å². The van der Waals surface area contributed by atoms with Gasteiger partial charge in [0.2, 0.25) is 0 Å². The zero-order valence-corrected chi connectivity index (χ0v) is 16.0. The number of halogens is 1. The second-order valence-electron chi connectivity index (χ2n) is 6.36. The summed E-state index contributed by atoms with van der Waals surface area (Å²) in [5.41, 5.74) is 1.11. The van der Waals surface area contributed by atoms with Crippen molar-refractivity contribution in [2.24, 2.45) is 0 Å². The second kappa shape index (κ2) is 8.09. The number of rotatable bonds is 5. The fourth-order valence-corrected chi connectivity index (χ4v) is 2.81. The monoisotopic (exact) mass is 399 g/mol. The van der Waals surface area contributed by atoms with E-state index >= 15 is 0 Å². The van der Waals surface area contributed by atoms with E-state index in [-0.39, 0.29) is 11.3 Å². The Morgan fingerprint density at radius 3 is 2.52 bits per heavy atom. The summed E-state index contributed by atoms with van der Waals surface area (Å²) in [4.78, 5) is 35.8. The molecule has 1 amide bonds.